The zero-order valence-corrected chi connectivity index (χ0v) is 9.16. The molecule has 0 amide bonds. The third kappa shape index (κ3) is 3.38. The summed E-state index contributed by atoms with van der Waals surface area (Å²) in [5, 5.41) is 0. The molecule has 78 valence electrons. The molecule has 0 aliphatic rings. The van der Waals surface area contributed by atoms with Crippen LogP contribution < -0.4 is 10.5 Å². The van der Waals surface area contributed by atoms with Crippen LogP contribution in [0.3, 0.4) is 0 Å². The average Bonchev–Trinajstić information content (AvgIpc) is 2.15. The summed E-state index contributed by atoms with van der Waals surface area (Å²) in [5.41, 5.74) is 6.91. The van der Waals surface area contributed by atoms with E-state index >= 15 is 0 Å². The molecule has 0 radical (unpaired) electrons. The van der Waals surface area contributed by atoms with Gasteiger partial charge in [-0.05, 0) is 30.5 Å². The minimum absolute atomic E-state index is 0.0812. The molecule has 0 heterocycles. The highest BCUT2D eigenvalue weighted by atomic mass is 16.5. The van der Waals surface area contributed by atoms with Gasteiger partial charge in [-0.3, -0.25) is 0 Å². The van der Waals surface area contributed by atoms with Gasteiger partial charge in [0, 0.05) is 6.04 Å². The Bertz CT molecular complexity index is 281. The van der Waals surface area contributed by atoms with Crippen LogP contribution in [0.2, 0.25) is 0 Å². The first-order chi connectivity index (χ1) is 6.59. The van der Waals surface area contributed by atoms with Crippen molar-refractivity contribution in [2.75, 3.05) is 6.61 Å². The lowest BCUT2D eigenvalue weighted by molar-refractivity contribution is 0.296. The minimum Gasteiger partial charge on any atom is -0.492 e. The second-order valence-corrected chi connectivity index (χ2v) is 4.02. The van der Waals surface area contributed by atoms with Gasteiger partial charge in [-0.2, -0.15) is 0 Å². The molecule has 14 heavy (non-hydrogen) atoms. The third-order valence-electron chi connectivity index (χ3n) is 2.04. The number of ether oxygens (including phenoxy) is 1. The Morgan fingerprint density at radius 1 is 1.29 bits per heavy atom. The molecule has 0 aliphatic heterocycles. The molecule has 1 rings (SSSR count). The summed E-state index contributed by atoms with van der Waals surface area (Å²) in [6, 6.07) is 8.26. The van der Waals surface area contributed by atoms with Crippen LogP contribution in [-0.2, 0) is 0 Å². The molecule has 2 nitrogen and oxygen atoms in total. The van der Waals surface area contributed by atoms with E-state index in [2.05, 4.69) is 26.0 Å². The van der Waals surface area contributed by atoms with Gasteiger partial charge in [0.25, 0.3) is 0 Å². The van der Waals surface area contributed by atoms with Crippen LogP contribution >= 0.6 is 0 Å². The normalized spacial score (nSPS) is 12.9. The van der Waals surface area contributed by atoms with E-state index in [-0.39, 0.29) is 6.04 Å². The minimum atomic E-state index is 0.0812. The van der Waals surface area contributed by atoms with Crippen molar-refractivity contribution in [2.24, 2.45) is 5.73 Å². The summed E-state index contributed by atoms with van der Waals surface area (Å²) in [6.07, 6.45) is 0. The number of nitrogens with two attached hydrogens (primary N) is 1. The predicted octanol–water partition coefficient (Wildman–Crippen LogP) is 2.54. The lowest BCUT2D eigenvalue weighted by Gasteiger charge is -2.11. The van der Waals surface area contributed by atoms with Crippen molar-refractivity contribution < 1.29 is 4.74 Å². The fraction of sp³-hybridized carbons (Fsp3) is 0.500. The van der Waals surface area contributed by atoms with Crippen molar-refractivity contribution in [1.29, 1.82) is 0 Å². The Labute approximate surface area is 86.1 Å². The van der Waals surface area contributed by atoms with E-state index in [1.54, 1.807) is 0 Å². The molecule has 2 heteroatoms. The smallest absolute Gasteiger partial charge is 0.119 e. The zero-order valence-electron chi connectivity index (χ0n) is 9.16. The highest BCUT2D eigenvalue weighted by molar-refractivity contribution is 5.30. The van der Waals surface area contributed by atoms with Gasteiger partial charge in [0.05, 0.1) is 0 Å². The van der Waals surface area contributed by atoms with Crippen LogP contribution in [0.1, 0.15) is 32.3 Å². The largest absolute Gasteiger partial charge is 0.492 e. The van der Waals surface area contributed by atoms with Gasteiger partial charge >= 0.3 is 0 Å². The topological polar surface area (TPSA) is 35.2 Å². The highest BCUT2D eigenvalue weighted by Crippen LogP contribution is 2.19. The summed E-state index contributed by atoms with van der Waals surface area (Å²) >= 11 is 0. The van der Waals surface area contributed by atoms with Crippen LogP contribution in [0, 0.1) is 0 Å². The van der Waals surface area contributed by atoms with E-state index in [1.807, 2.05) is 19.1 Å². The number of hydrogen-bond donors (Lipinski definition) is 1. The molecule has 1 atom stereocenters. The van der Waals surface area contributed by atoms with Gasteiger partial charge in [-0.1, -0.05) is 26.0 Å². The molecule has 0 saturated heterocycles. The van der Waals surface area contributed by atoms with Crippen molar-refractivity contribution >= 4 is 0 Å². The predicted molar refractivity (Wildman–Crippen MR) is 59.7 cm³/mol. The molecule has 0 fully saturated rings. The molecule has 0 saturated carbocycles. The van der Waals surface area contributed by atoms with E-state index in [1.165, 1.54) is 5.56 Å². The second-order valence-electron chi connectivity index (χ2n) is 4.02. The summed E-state index contributed by atoms with van der Waals surface area (Å²) in [5.74, 6) is 1.45. The SMILES string of the molecule is CC(N)COc1cccc(C(C)C)c1. The number of rotatable bonds is 4. The Hall–Kier alpha value is -1.02. The molecule has 0 spiro atoms. The lowest BCUT2D eigenvalue weighted by Crippen LogP contribution is -2.23. The average molecular weight is 193 g/mol. The van der Waals surface area contributed by atoms with Crippen LogP contribution in [-0.4, -0.2) is 12.6 Å². The first-order valence-electron chi connectivity index (χ1n) is 5.08. The molecule has 0 aromatic heterocycles. The maximum atomic E-state index is 5.61. The van der Waals surface area contributed by atoms with Crippen molar-refractivity contribution in [1.82, 2.24) is 0 Å². The van der Waals surface area contributed by atoms with Gasteiger partial charge < -0.3 is 10.5 Å². The standard InChI is InChI=1S/C12H19NO/c1-9(2)11-5-4-6-12(7-11)14-8-10(3)13/h4-7,9-10H,8,13H2,1-3H3. The molecule has 1 aromatic rings. The van der Waals surface area contributed by atoms with E-state index in [0.29, 0.717) is 12.5 Å². The monoisotopic (exact) mass is 193 g/mol. The Balaban J connectivity index is 2.64. The van der Waals surface area contributed by atoms with Crippen LogP contribution in [0.15, 0.2) is 24.3 Å². The maximum Gasteiger partial charge on any atom is 0.119 e. The summed E-state index contributed by atoms with van der Waals surface area (Å²) in [6.45, 7) is 6.85. The van der Waals surface area contributed by atoms with Gasteiger partial charge in [0.15, 0.2) is 0 Å². The molecular formula is C12H19NO. The fourth-order valence-corrected chi connectivity index (χ4v) is 1.19. The fourth-order valence-electron chi connectivity index (χ4n) is 1.19. The molecule has 1 aromatic carbocycles. The van der Waals surface area contributed by atoms with Crippen LogP contribution in [0.5, 0.6) is 5.75 Å². The van der Waals surface area contributed by atoms with Gasteiger partial charge in [0.2, 0.25) is 0 Å². The van der Waals surface area contributed by atoms with Crippen molar-refractivity contribution in [2.45, 2.75) is 32.7 Å². The molecule has 0 bridgehead atoms. The first-order valence-corrected chi connectivity index (χ1v) is 5.08. The van der Waals surface area contributed by atoms with E-state index in [4.69, 9.17) is 10.5 Å². The summed E-state index contributed by atoms with van der Waals surface area (Å²) in [7, 11) is 0. The molecule has 1 unspecified atom stereocenters. The van der Waals surface area contributed by atoms with Crippen molar-refractivity contribution in [3.05, 3.63) is 29.8 Å². The zero-order chi connectivity index (χ0) is 10.6. The highest BCUT2D eigenvalue weighted by Gasteiger charge is 2.01. The quantitative estimate of drug-likeness (QED) is 0.797. The molecular weight excluding hydrogens is 174 g/mol. The van der Waals surface area contributed by atoms with E-state index in [0.717, 1.165) is 5.75 Å². The van der Waals surface area contributed by atoms with Gasteiger partial charge in [-0.25, -0.2) is 0 Å². The van der Waals surface area contributed by atoms with Crippen LogP contribution in [0.4, 0.5) is 0 Å². The van der Waals surface area contributed by atoms with E-state index in [9.17, 15) is 0 Å². The van der Waals surface area contributed by atoms with Gasteiger partial charge in [0.1, 0.15) is 12.4 Å². The Morgan fingerprint density at radius 3 is 2.57 bits per heavy atom. The number of benzene rings is 1. The molecule has 0 aliphatic carbocycles. The first kappa shape index (κ1) is 11.1. The van der Waals surface area contributed by atoms with Crippen molar-refractivity contribution in [3.8, 4) is 5.75 Å². The molecule has 2 N–H and O–H groups in total. The van der Waals surface area contributed by atoms with Crippen molar-refractivity contribution in [3.63, 3.8) is 0 Å². The Kier molecular flexibility index (Phi) is 3.96. The van der Waals surface area contributed by atoms with Crippen LogP contribution in [0.25, 0.3) is 0 Å². The third-order valence-corrected chi connectivity index (χ3v) is 2.04. The lowest BCUT2D eigenvalue weighted by atomic mass is 10.0. The number of hydrogen-bond acceptors (Lipinski definition) is 2. The van der Waals surface area contributed by atoms with E-state index < -0.39 is 0 Å². The summed E-state index contributed by atoms with van der Waals surface area (Å²) < 4.78 is 5.53. The second kappa shape index (κ2) is 5.01. The maximum absolute atomic E-state index is 5.61. The summed E-state index contributed by atoms with van der Waals surface area (Å²) in [4.78, 5) is 0. The Morgan fingerprint density at radius 2 is 2.00 bits per heavy atom. The van der Waals surface area contributed by atoms with Gasteiger partial charge in [-0.15, -0.1) is 0 Å².